The minimum atomic E-state index is -0.645. The van der Waals surface area contributed by atoms with Crippen LogP contribution in [0.5, 0.6) is 0 Å². The van der Waals surface area contributed by atoms with Gasteiger partial charge in [0.25, 0.3) is 0 Å². The van der Waals surface area contributed by atoms with Gasteiger partial charge in [0.05, 0.1) is 5.60 Å². The van der Waals surface area contributed by atoms with E-state index in [4.69, 9.17) is 11.6 Å². The second-order valence-electron chi connectivity index (χ2n) is 4.32. The van der Waals surface area contributed by atoms with Crippen molar-refractivity contribution in [1.29, 1.82) is 0 Å². The lowest BCUT2D eigenvalue weighted by Gasteiger charge is -2.27. The Balaban J connectivity index is 2.74. The molecule has 1 rings (SSSR count). The van der Waals surface area contributed by atoms with E-state index in [9.17, 15) is 5.11 Å². The number of rotatable bonds is 3. The van der Waals surface area contributed by atoms with Crippen molar-refractivity contribution in [2.45, 2.75) is 32.8 Å². The molecule has 1 aromatic rings. The van der Waals surface area contributed by atoms with E-state index in [0.717, 1.165) is 10.6 Å². The third kappa shape index (κ3) is 3.00. The molecule has 2 heteroatoms. The van der Waals surface area contributed by atoms with Crippen LogP contribution in [-0.2, 0) is 6.42 Å². The van der Waals surface area contributed by atoms with Crippen LogP contribution in [0.2, 0.25) is 5.02 Å². The average molecular weight is 213 g/mol. The molecule has 14 heavy (non-hydrogen) atoms. The van der Waals surface area contributed by atoms with Crippen molar-refractivity contribution in [3.05, 3.63) is 34.9 Å². The molecular formula is C12H17ClO. The van der Waals surface area contributed by atoms with Gasteiger partial charge in [0.2, 0.25) is 0 Å². The van der Waals surface area contributed by atoms with E-state index in [2.05, 4.69) is 0 Å². The van der Waals surface area contributed by atoms with Gasteiger partial charge in [-0.3, -0.25) is 0 Å². The van der Waals surface area contributed by atoms with Crippen molar-refractivity contribution >= 4 is 11.6 Å². The summed E-state index contributed by atoms with van der Waals surface area (Å²) < 4.78 is 0. The van der Waals surface area contributed by atoms with Crippen molar-refractivity contribution in [1.82, 2.24) is 0 Å². The molecule has 0 aliphatic carbocycles. The fourth-order valence-electron chi connectivity index (χ4n) is 1.22. The van der Waals surface area contributed by atoms with Gasteiger partial charge in [0.15, 0.2) is 0 Å². The Labute approximate surface area is 90.7 Å². The van der Waals surface area contributed by atoms with Gasteiger partial charge in [-0.25, -0.2) is 0 Å². The molecule has 0 aromatic heterocycles. The van der Waals surface area contributed by atoms with E-state index < -0.39 is 5.60 Å². The molecule has 0 unspecified atom stereocenters. The van der Waals surface area contributed by atoms with Gasteiger partial charge in [-0.2, -0.15) is 0 Å². The second kappa shape index (κ2) is 4.33. The van der Waals surface area contributed by atoms with E-state index >= 15 is 0 Å². The fraction of sp³-hybridized carbons (Fsp3) is 0.500. The van der Waals surface area contributed by atoms with Crippen molar-refractivity contribution in [2.75, 3.05) is 0 Å². The number of aliphatic hydroxyl groups is 1. The molecular weight excluding hydrogens is 196 g/mol. The Morgan fingerprint density at radius 1 is 1.29 bits per heavy atom. The third-order valence-electron chi connectivity index (χ3n) is 2.72. The van der Waals surface area contributed by atoms with E-state index in [1.807, 2.05) is 45.0 Å². The standard InChI is InChI=1S/C12H17ClO/c1-9(2)12(3,14)8-10-4-6-11(13)7-5-10/h4-7,9,14H,8H2,1-3H3/t12-/m1/s1. The first-order valence-corrected chi connectivity index (χ1v) is 5.26. The summed E-state index contributed by atoms with van der Waals surface area (Å²) in [5.41, 5.74) is 0.474. The third-order valence-corrected chi connectivity index (χ3v) is 2.97. The van der Waals surface area contributed by atoms with Gasteiger partial charge in [0.1, 0.15) is 0 Å². The maximum Gasteiger partial charge on any atom is 0.0682 e. The summed E-state index contributed by atoms with van der Waals surface area (Å²) >= 11 is 5.78. The zero-order valence-electron chi connectivity index (χ0n) is 8.92. The number of halogens is 1. The minimum Gasteiger partial charge on any atom is -0.390 e. The van der Waals surface area contributed by atoms with E-state index in [1.165, 1.54) is 0 Å². The van der Waals surface area contributed by atoms with Crippen molar-refractivity contribution < 1.29 is 5.11 Å². The molecule has 1 aromatic carbocycles. The molecule has 0 bridgehead atoms. The largest absolute Gasteiger partial charge is 0.390 e. The lowest BCUT2D eigenvalue weighted by atomic mass is 9.86. The molecule has 0 heterocycles. The van der Waals surface area contributed by atoms with Crippen LogP contribution in [0.15, 0.2) is 24.3 Å². The first-order chi connectivity index (χ1) is 6.42. The summed E-state index contributed by atoms with van der Waals surface area (Å²) in [7, 11) is 0. The lowest BCUT2D eigenvalue weighted by molar-refractivity contribution is 0.0140. The zero-order chi connectivity index (χ0) is 10.8. The molecule has 78 valence electrons. The highest BCUT2D eigenvalue weighted by atomic mass is 35.5. The topological polar surface area (TPSA) is 20.2 Å². The van der Waals surface area contributed by atoms with Crippen LogP contribution >= 0.6 is 11.6 Å². The van der Waals surface area contributed by atoms with E-state index in [-0.39, 0.29) is 5.92 Å². The van der Waals surface area contributed by atoms with Gasteiger partial charge in [-0.1, -0.05) is 37.6 Å². The molecule has 0 aliphatic rings. The van der Waals surface area contributed by atoms with E-state index in [0.29, 0.717) is 6.42 Å². The Bertz CT molecular complexity index is 288. The maximum absolute atomic E-state index is 10.1. The highest BCUT2D eigenvalue weighted by molar-refractivity contribution is 6.30. The summed E-state index contributed by atoms with van der Waals surface area (Å²) in [6.45, 7) is 5.91. The molecule has 0 saturated heterocycles. The first-order valence-electron chi connectivity index (χ1n) is 4.88. The molecule has 0 spiro atoms. The molecule has 0 saturated carbocycles. The predicted molar refractivity (Wildman–Crippen MR) is 60.6 cm³/mol. The highest BCUT2D eigenvalue weighted by Gasteiger charge is 2.24. The van der Waals surface area contributed by atoms with Crippen molar-refractivity contribution in [3.8, 4) is 0 Å². The van der Waals surface area contributed by atoms with Crippen LogP contribution in [0.4, 0.5) is 0 Å². The Morgan fingerprint density at radius 2 is 1.79 bits per heavy atom. The Hall–Kier alpha value is -0.530. The van der Waals surface area contributed by atoms with Gasteiger partial charge in [-0.15, -0.1) is 0 Å². The monoisotopic (exact) mass is 212 g/mol. The molecule has 0 amide bonds. The Morgan fingerprint density at radius 3 is 2.21 bits per heavy atom. The normalized spacial score (nSPS) is 15.6. The second-order valence-corrected chi connectivity index (χ2v) is 4.75. The average Bonchev–Trinajstić information content (AvgIpc) is 2.08. The van der Waals surface area contributed by atoms with Gasteiger partial charge in [-0.05, 0) is 30.5 Å². The molecule has 0 radical (unpaired) electrons. The predicted octanol–water partition coefficient (Wildman–Crippen LogP) is 3.29. The van der Waals surface area contributed by atoms with Crippen molar-refractivity contribution in [3.63, 3.8) is 0 Å². The van der Waals surface area contributed by atoms with E-state index in [1.54, 1.807) is 0 Å². The summed E-state index contributed by atoms with van der Waals surface area (Å²) in [6.07, 6.45) is 0.668. The lowest BCUT2D eigenvalue weighted by Crippen LogP contribution is -2.33. The summed E-state index contributed by atoms with van der Waals surface area (Å²) in [4.78, 5) is 0. The molecule has 1 atom stereocenters. The SMILES string of the molecule is CC(C)[C@](C)(O)Cc1ccc(Cl)cc1. The summed E-state index contributed by atoms with van der Waals surface area (Å²) in [5, 5.41) is 10.8. The smallest absolute Gasteiger partial charge is 0.0682 e. The van der Waals surface area contributed by atoms with Crippen LogP contribution in [0.3, 0.4) is 0 Å². The Kier molecular flexibility index (Phi) is 3.57. The van der Waals surface area contributed by atoms with Gasteiger partial charge < -0.3 is 5.11 Å². The summed E-state index contributed by atoms with van der Waals surface area (Å²) in [5.74, 6) is 0.248. The number of benzene rings is 1. The quantitative estimate of drug-likeness (QED) is 0.816. The molecule has 1 N–H and O–H groups in total. The number of hydrogen-bond donors (Lipinski definition) is 1. The fourth-order valence-corrected chi connectivity index (χ4v) is 1.35. The van der Waals surface area contributed by atoms with Crippen molar-refractivity contribution in [2.24, 2.45) is 5.92 Å². The van der Waals surface area contributed by atoms with Crippen LogP contribution in [0.25, 0.3) is 0 Å². The summed E-state index contributed by atoms with van der Waals surface area (Å²) in [6, 6.07) is 7.62. The zero-order valence-corrected chi connectivity index (χ0v) is 9.67. The van der Waals surface area contributed by atoms with Gasteiger partial charge in [0, 0.05) is 11.4 Å². The van der Waals surface area contributed by atoms with Crippen LogP contribution in [-0.4, -0.2) is 10.7 Å². The first kappa shape index (κ1) is 11.5. The van der Waals surface area contributed by atoms with Crippen LogP contribution in [0.1, 0.15) is 26.3 Å². The van der Waals surface area contributed by atoms with Gasteiger partial charge >= 0.3 is 0 Å². The molecule has 0 aliphatic heterocycles. The minimum absolute atomic E-state index is 0.248. The highest BCUT2D eigenvalue weighted by Crippen LogP contribution is 2.22. The van der Waals surface area contributed by atoms with Crippen LogP contribution in [0, 0.1) is 5.92 Å². The maximum atomic E-state index is 10.1. The number of hydrogen-bond acceptors (Lipinski definition) is 1. The van der Waals surface area contributed by atoms with Crippen LogP contribution < -0.4 is 0 Å². The molecule has 1 nitrogen and oxygen atoms in total. The molecule has 0 fully saturated rings.